The van der Waals surface area contributed by atoms with Gasteiger partial charge in [0.2, 0.25) is 5.91 Å². The fourth-order valence-corrected chi connectivity index (χ4v) is 3.80. The van der Waals surface area contributed by atoms with Gasteiger partial charge in [0, 0.05) is 10.9 Å². The van der Waals surface area contributed by atoms with Crippen molar-refractivity contribution >= 4 is 51.4 Å². The Morgan fingerprint density at radius 3 is 2.63 bits per heavy atom. The molecule has 0 saturated carbocycles. The summed E-state index contributed by atoms with van der Waals surface area (Å²) in [4.78, 5) is 37.1. The summed E-state index contributed by atoms with van der Waals surface area (Å²) in [6.07, 6.45) is 1.15. The minimum Gasteiger partial charge on any atom is -0.462 e. The number of aromatic nitrogens is 2. The number of rotatable bonds is 6. The zero-order valence-electron chi connectivity index (χ0n) is 15.4. The van der Waals surface area contributed by atoms with E-state index in [1.54, 1.807) is 12.3 Å². The van der Waals surface area contributed by atoms with E-state index in [0.29, 0.717) is 11.1 Å². The van der Waals surface area contributed by atoms with E-state index in [0.717, 1.165) is 22.2 Å². The van der Waals surface area contributed by atoms with Crippen LogP contribution in [0, 0.1) is 5.82 Å². The summed E-state index contributed by atoms with van der Waals surface area (Å²) in [6, 6.07) is 5.57. The Hall–Kier alpha value is -2.75. The van der Waals surface area contributed by atoms with Gasteiger partial charge in [-0.2, -0.15) is 5.10 Å². The SMILES string of the molecule is CCOC(=O)c1c(-c2ccc(F)cc2)csc1NC(=O)Cn1ncc(Cl)c(Cl)c1=O. The van der Waals surface area contributed by atoms with Gasteiger partial charge in [0.15, 0.2) is 0 Å². The van der Waals surface area contributed by atoms with Crippen LogP contribution in [0.1, 0.15) is 17.3 Å². The van der Waals surface area contributed by atoms with Gasteiger partial charge < -0.3 is 10.1 Å². The second-order valence-electron chi connectivity index (χ2n) is 5.90. The molecule has 2 heterocycles. The van der Waals surface area contributed by atoms with Gasteiger partial charge in [-0.3, -0.25) is 9.59 Å². The van der Waals surface area contributed by atoms with Gasteiger partial charge in [-0.25, -0.2) is 13.9 Å². The molecule has 1 aromatic carbocycles. The number of thiophene rings is 1. The number of amides is 1. The van der Waals surface area contributed by atoms with E-state index in [4.69, 9.17) is 27.9 Å². The van der Waals surface area contributed by atoms with E-state index in [2.05, 4.69) is 10.4 Å². The van der Waals surface area contributed by atoms with Crippen LogP contribution in [0.4, 0.5) is 9.39 Å². The van der Waals surface area contributed by atoms with E-state index in [1.165, 1.54) is 24.3 Å². The van der Waals surface area contributed by atoms with Crippen LogP contribution in [0.3, 0.4) is 0 Å². The Bertz CT molecular complexity index is 1160. The average Bonchev–Trinajstić information content (AvgIpc) is 3.12. The summed E-state index contributed by atoms with van der Waals surface area (Å²) in [5.41, 5.74) is 0.483. The van der Waals surface area contributed by atoms with Crippen LogP contribution in [-0.4, -0.2) is 28.3 Å². The molecule has 0 aliphatic carbocycles. The van der Waals surface area contributed by atoms with Crippen molar-refractivity contribution in [3.63, 3.8) is 0 Å². The molecule has 1 amide bonds. The molecule has 3 aromatic rings. The maximum atomic E-state index is 13.3. The summed E-state index contributed by atoms with van der Waals surface area (Å²) in [6.45, 7) is 1.34. The minimum absolute atomic E-state index is 0.0230. The minimum atomic E-state index is -0.719. The first-order valence-corrected chi connectivity index (χ1v) is 10.2. The monoisotopic (exact) mass is 469 g/mol. The number of carbonyl (C=O) groups is 2. The fraction of sp³-hybridized carbons (Fsp3) is 0.158. The molecular weight excluding hydrogens is 456 g/mol. The molecule has 3 rings (SSSR count). The smallest absolute Gasteiger partial charge is 0.341 e. The van der Waals surface area contributed by atoms with E-state index in [9.17, 15) is 18.8 Å². The Morgan fingerprint density at radius 2 is 1.97 bits per heavy atom. The summed E-state index contributed by atoms with van der Waals surface area (Å²) in [5.74, 6) is -1.67. The predicted octanol–water partition coefficient (Wildman–Crippen LogP) is 4.23. The number of esters is 1. The number of hydrogen-bond acceptors (Lipinski definition) is 6. The van der Waals surface area contributed by atoms with Gasteiger partial charge in [-0.05, 0) is 24.6 Å². The highest BCUT2D eigenvalue weighted by atomic mass is 35.5. The fourth-order valence-electron chi connectivity index (χ4n) is 2.56. The molecule has 0 spiro atoms. The van der Waals surface area contributed by atoms with E-state index < -0.39 is 29.8 Å². The Balaban J connectivity index is 1.91. The second-order valence-corrected chi connectivity index (χ2v) is 7.56. The first-order valence-electron chi connectivity index (χ1n) is 8.57. The van der Waals surface area contributed by atoms with E-state index in [-0.39, 0.29) is 27.2 Å². The number of ether oxygens (including phenoxy) is 1. The summed E-state index contributed by atoms with van der Waals surface area (Å²) < 4.78 is 19.2. The van der Waals surface area contributed by atoms with Crippen LogP contribution in [0.25, 0.3) is 11.1 Å². The molecule has 0 unspecified atom stereocenters. The summed E-state index contributed by atoms with van der Waals surface area (Å²) in [7, 11) is 0. The molecule has 0 saturated heterocycles. The number of nitrogens with one attached hydrogen (secondary N) is 1. The number of carbonyl (C=O) groups excluding carboxylic acids is 2. The lowest BCUT2D eigenvalue weighted by atomic mass is 10.0. The van der Waals surface area contributed by atoms with Crippen molar-refractivity contribution in [3.05, 3.63) is 67.6 Å². The molecule has 30 heavy (non-hydrogen) atoms. The molecular formula is C19H14Cl2FN3O4S. The van der Waals surface area contributed by atoms with Crippen LogP contribution in [0.5, 0.6) is 0 Å². The molecule has 0 fully saturated rings. The van der Waals surface area contributed by atoms with Gasteiger partial charge in [0.25, 0.3) is 5.56 Å². The summed E-state index contributed by atoms with van der Waals surface area (Å²) >= 11 is 12.6. The molecule has 0 atom stereocenters. The summed E-state index contributed by atoms with van der Waals surface area (Å²) in [5, 5.41) is 7.97. The number of benzene rings is 1. The van der Waals surface area contributed by atoms with E-state index in [1.807, 2.05) is 0 Å². The number of anilines is 1. The van der Waals surface area contributed by atoms with Crippen molar-refractivity contribution in [2.75, 3.05) is 11.9 Å². The zero-order valence-corrected chi connectivity index (χ0v) is 17.8. The highest BCUT2D eigenvalue weighted by Gasteiger charge is 2.23. The van der Waals surface area contributed by atoms with Crippen molar-refractivity contribution in [1.82, 2.24) is 9.78 Å². The number of hydrogen-bond donors (Lipinski definition) is 1. The molecule has 11 heteroatoms. The van der Waals surface area contributed by atoms with Gasteiger partial charge in [-0.1, -0.05) is 35.3 Å². The van der Waals surface area contributed by atoms with Crippen molar-refractivity contribution in [2.45, 2.75) is 13.5 Å². The predicted molar refractivity (Wildman–Crippen MR) is 113 cm³/mol. The quantitative estimate of drug-likeness (QED) is 0.545. The van der Waals surface area contributed by atoms with Crippen LogP contribution in [0.2, 0.25) is 10.0 Å². The van der Waals surface area contributed by atoms with Crippen molar-refractivity contribution in [2.24, 2.45) is 0 Å². The van der Waals surface area contributed by atoms with Crippen molar-refractivity contribution in [1.29, 1.82) is 0 Å². The molecule has 2 aromatic heterocycles. The highest BCUT2D eigenvalue weighted by molar-refractivity contribution is 7.15. The molecule has 0 bridgehead atoms. The average molecular weight is 470 g/mol. The Morgan fingerprint density at radius 1 is 1.27 bits per heavy atom. The molecule has 156 valence electrons. The molecule has 7 nitrogen and oxygen atoms in total. The van der Waals surface area contributed by atoms with Gasteiger partial charge in [0.1, 0.15) is 27.9 Å². The van der Waals surface area contributed by atoms with Crippen LogP contribution >= 0.6 is 34.5 Å². The maximum Gasteiger partial charge on any atom is 0.341 e. The van der Waals surface area contributed by atoms with Crippen LogP contribution in [0.15, 0.2) is 40.6 Å². The van der Waals surface area contributed by atoms with Crippen molar-refractivity contribution < 1.29 is 18.7 Å². The molecule has 1 N–H and O–H groups in total. The van der Waals surface area contributed by atoms with Gasteiger partial charge >= 0.3 is 5.97 Å². The van der Waals surface area contributed by atoms with Gasteiger partial charge in [-0.15, -0.1) is 11.3 Å². The van der Waals surface area contributed by atoms with Crippen LogP contribution in [-0.2, 0) is 16.1 Å². The Kier molecular flexibility index (Phi) is 6.86. The second kappa shape index (κ2) is 9.38. The molecule has 0 aliphatic heterocycles. The Labute approximate surface area is 184 Å². The first-order chi connectivity index (χ1) is 14.3. The van der Waals surface area contributed by atoms with Crippen LogP contribution < -0.4 is 10.9 Å². The number of nitrogens with zero attached hydrogens (tertiary/aromatic N) is 2. The number of halogens is 3. The third-order valence-corrected chi connectivity index (χ3v) is 5.56. The topological polar surface area (TPSA) is 90.3 Å². The lowest BCUT2D eigenvalue weighted by molar-refractivity contribution is -0.117. The maximum absolute atomic E-state index is 13.3. The first kappa shape index (κ1) is 21.9. The van der Waals surface area contributed by atoms with E-state index >= 15 is 0 Å². The third-order valence-electron chi connectivity index (χ3n) is 3.91. The van der Waals surface area contributed by atoms with Gasteiger partial charge in [0.05, 0.1) is 17.8 Å². The lowest BCUT2D eigenvalue weighted by Crippen LogP contribution is -2.30. The third kappa shape index (κ3) is 4.69. The zero-order chi connectivity index (χ0) is 21.8. The van der Waals surface area contributed by atoms with Crippen molar-refractivity contribution in [3.8, 4) is 11.1 Å². The highest BCUT2D eigenvalue weighted by Crippen LogP contribution is 2.36. The largest absolute Gasteiger partial charge is 0.462 e. The standard InChI is InChI=1S/C19H14Cl2FN3O4S/c1-2-29-19(28)15-12(10-3-5-11(22)6-4-10)9-30-17(15)24-14(26)8-25-18(27)16(21)13(20)7-23-25/h3-7,9H,2,8H2,1H3,(H,24,26). The molecule has 0 radical (unpaired) electrons. The lowest BCUT2D eigenvalue weighted by Gasteiger charge is -2.09. The molecule has 0 aliphatic rings. The normalized spacial score (nSPS) is 10.7.